The molecule has 2 N–H and O–H groups in total. The number of carbonyl (C=O) groups is 1. The quantitative estimate of drug-likeness (QED) is 0.346. The number of hydrogen-bond donors (Lipinski definition) is 2. The highest BCUT2D eigenvalue weighted by Crippen LogP contribution is 2.33. The lowest BCUT2D eigenvalue weighted by molar-refractivity contribution is -0.137. The van der Waals surface area contributed by atoms with Crippen molar-refractivity contribution in [3.8, 4) is 0 Å². The molecular formula is C25H22F3N7OS. The second kappa shape index (κ2) is 9.77. The van der Waals surface area contributed by atoms with Gasteiger partial charge >= 0.3 is 6.18 Å². The Kier molecular flexibility index (Phi) is 6.50. The van der Waals surface area contributed by atoms with Crippen molar-refractivity contribution in [3.05, 3.63) is 87.5 Å². The normalized spacial score (nSPS) is 14.0. The first-order chi connectivity index (χ1) is 17.7. The summed E-state index contributed by atoms with van der Waals surface area (Å²) >= 11 is 0.305. The molecule has 0 aliphatic heterocycles. The van der Waals surface area contributed by atoms with Crippen LogP contribution in [0.3, 0.4) is 0 Å². The van der Waals surface area contributed by atoms with E-state index in [2.05, 4.69) is 31.8 Å². The van der Waals surface area contributed by atoms with Gasteiger partial charge in [-0.3, -0.25) is 14.5 Å². The highest BCUT2D eigenvalue weighted by atomic mass is 32.1. The number of carbonyl (C=O) groups excluding carboxylic acids is 1. The van der Waals surface area contributed by atoms with Crippen LogP contribution in [0.1, 0.15) is 56.6 Å². The number of hydrogen-bond acceptors (Lipinski definition) is 7. The SMILES string of the molecule is CC(Nc1cnc2c(n1)C(c1cnn(C)c1)=CCC2)c1cccc(NC(=O)c2cnc(C(F)(F)F)s2)c1. The van der Waals surface area contributed by atoms with Gasteiger partial charge in [-0.1, -0.05) is 18.2 Å². The van der Waals surface area contributed by atoms with Crippen molar-refractivity contribution < 1.29 is 18.0 Å². The molecule has 1 atom stereocenters. The van der Waals surface area contributed by atoms with E-state index in [1.807, 2.05) is 26.2 Å². The number of rotatable bonds is 6. The zero-order chi connectivity index (χ0) is 26.2. The fourth-order valence-electron chi connectivity index (χ4n) is 4.04. The number of alkyl halides is 3. The van der Waals surface area contributed by atoms with Gasteiger partial charge < -0.3 is 10.6 Å². The van der Waals surface area contributed by atoms with Crippen molar-refractivity contribution in [2.45, 2.75) is 32.0 Å². The van der Waals surface area contributed by atoms with Gasteiger partial charge in [0.15, 0.2) is 5.01 Å². The first-order valence-corrected chi connectivity index (χ1v) is 12.3. The minimum Gasteiger partial charge on any atom is -0.362 e. The molecule has 0 fully saturated rings. The van der Waals surface area contributed by atoms with Crippen LogP contribution in [0.4, 0.5) is 24.7 Å². The van der Waals surface area contributed by atoms with Crippen LogP contribution in [0.25, 0.3) is 5.57 Å². The lowest BCUT2D eigenvalue weighted by atomic mass is 9.95. The lowest BCUT2D eigenvalue weighted by Crippen LogP contribution is -2.13. The fraction of sp³-hybridized carbons (Fsp3) is 0.240. The minimum atomic E-state index is -4.58. The molecule has 8 nitrogen and oxygen atoms in total. The molecule has 1 unspecified atom stereocenters. The maximum absolute atomic E-state index is 12.8. The maximum atomic E-state index is 12.8. The molecule has 0 spiro atoms. The average molecular weight is 526 g/mol. The van der Waals surface area contributed by atoms with E-state index in [-0.39, 0.29) is 10.9 Å². The lowest BCUT2D eigenvalue weighted by Gasteiger charge is -2.19. The van der Waals surface area contributed by atoms with Gasteiger partial charge in [0, 0.05) is 30.1 Å². The summed E-state index contributed by atoms with van der Waals surface area (Å²) in [7, 11) is 1.87. The van der Waals surface area contributed by atoms with E-state index in [0.29, 0.717) is 22.8 Å². The van der Waals surface area contributed by atoms with Crippen LogP contribution >= 0.6 is 11.3 Å². The Bertz CT molecular complexity index is 1490. The first kappa shape index (κ1) is 24.6. The van der Waals surface area contributed by atoms with Crippen LogP contribution in [0.15, 0.2) is 55.1 Å². The molecule has 3 aromatic heterocycles. The first-order valence-electron chi connectivity index (χ1n) is 11.4. The highest BCUT2D eigenvalue weighted by molar-refractivity contribution is 7.13. The van der Waals surface area contributed by atoms with Gasteiger partial charge in [-0.25, -0.2) is 9.97 Å². The third kappa shape index (κ3) is 5.38. The van der Waals surface area contributed by atoms with Gasteiger partial charge in [-0.15, -0.1) is 11.3 Å². The molecule has 12 heteroatoms. The van der Waals surface area contributed by atoms with Gasteiger partial charge in [0.05, 0.1) is 36.0 Å². The van der Waals surface area contributed by atoms with Crippen LogP contribution in [0.5, 0.6) is 0 Å². The number of halogens is 3. The molecule has 0 saturated heterocycles. The monoisotopic (exact) mass is 525 g/mol. The van der Waals surface area contributed by atoms with E-state index in [1.54, 1.807) is 35.3 Å². The Labute approximate surface area is 214 Å². The summed E-state index contributed by atoms with van der Waals surface area (Å²) in [6.45, 7) is 1.94. The third-order valence-corrected chi connectivity index (χ3v) is 6.87. The van der Waals surface area contributed by atoms with Crippen LogP contribution in [-0.4, -0.2) is 30.6 Å². The molecule has 3 heterocycles. The molecule has 1 aromatic carbocycles. The van der Waals surface area contributed by atoms with Gasteiger partial charge in [0.2, 0.25) is 0 Å². The number of amides is 1. The van der Waals surface area contributed by atoms with Crippen molar-refractivity contribution in [2.75, 3.05) is 10.6 Å². The average Bonchev–Trinajstić information content (AvgIpc) is 3.53. The number of aromatic nitrogens is 5. The molecule has 37 heavy (non-hydrogen) atoms. The number of aryl methyl sites for hydroxylation is 2. The summed E-state index contributed by atoms with van der Waals surface area (Å²) in [5, 5.41) is 9.20. The summed E-state index contributed by atoms with van der Waals surface area (Å²) in [5.74, 6) is -0.0530. The van der Waals surface area contributed by atoms with Crippen LogP contribution in [0, 0.1) is 0 Å². The number of fused-ring (bicyclic) bond motifs is 1. The molecule has 1 aliphatic rings. The number of anilines is 2. The molecule has 0 bridgehead atoms. The molecule has 5 rings (SSSR count). The van der Waals surface area contributed by atoms with Crippen molar-refractivity contribution in [3.63, 3.8) is 0 Å². The summed E-state index contributed by atoms with van der Waals surface area (Å²) in [6.07, 6.45) is 5.64. The van der Waals surface area contributed by atoms with E-state index in [4.69, 9.17) is 4.98 Å². The highest BCUT2D eigenvalue weighted by Gasteiger charge is 2.35. The molecule has 0 saturated carbocycles. The number of allylic oxidation sites excluding steroid dienone is 1. The number of nitrogens with zero attached hydrogens (tertiary/aromatic N) is 5. The Morgan fingerprint density at radius 3 is 2.76 bits per heavy atom. The number of nitrogens with one attached hydrogen (secondary N) is 2. The topological polar surface area (TPSA) is 97.6 Å². The van der Waals surface area contributed by atoms with E-state index < -0.39 is 17.1 Å². The van der Waals surface area contributed by atoms with Crippen molar-refractivity contribution in [2.24, 2.45) is 7.05 Å². The number of thiazole rings is 1. The zero-order valence-electron chi connectivity index (χ0n) is 19.9. The summed E-state index contributed by atoms with van der Waals surface area (Å²) < 4.78 is 40.2. The predicted molar refractivity (Wildman–Crippen MR) is 134 cm³/mol. The van der Waals surface area contributed by atoms with Gasteiger partial charge in [0.1, 0.15) is 10.7 Å². The fourth-order valence-corrected chi connectivity index (χ4v) is 4.72. The van der Waals surface area contributed by atoms with Gasteiger partial charge in [0.25, 0.3) is 5.91 Å². The maximum Gasteiger partial charge on any atom is 0.443 e. The predicted octanol–water partition coefficient (Wildman–Crippen LogP) is 5.49. The standard InChI is InChI=1S/C25H22F3N7OS/c1-14(15-5-3-6-17(9-15)33-23(36)20-11-30-24(37-20)25(26,27)28)32-21-12-29-19-8-4-7-18(22(19)34-21)16-10-31-35(2)13-16/h3,5-7,9-14H,4,8H2,1-2H3,(H,32,34)(H,33,36). The Hall–Kier alpha value is -4.06. The molecule has 0 radical (unpaired) electrons. The largest absolute Gasteiger partial charge is 0.443 e. The number of benzene rings is 1. The molecule has 1 amide bonds. The molecule has 4 aromatic rings. The second-order valence-electron chi connectivity index (χ2n) is 8.58. The van der Waals surface area contributed by atoms with Crippen molar-refractivity contribution >= 4 is 34.3 Å². The van der Waals surface area contributed by atoms with Crippen LogP contribution in [0.2, 0.25) is 0 Å². The summed E-state index contributed by atoms with van der Waals surface area (Å²) in [4.78, 5) is 25.1. The third-order valence-electron chi connectivity index (χ3n) is 5.83. The Balaban J connectivity index is 1.31. The second-order valence-corrected chi connectivity index (χ2v) is 9.61. The van der Waals surface area contributed by atoms with E-state index in [0.717, 1.165) is 47.1 Å². The molecular weight excluding hydrogens is 503 g/mol. The molecule has 190 valence electrons. The van der Waals surface area contributed by atoms with E-state index in [9.17, 15) is 18.0 Å². The van der Waals surface area contributed by atoms with E-state index >= 15 is 0 Å². The summed E-state index contributed by atoms with van der Waals surface area (Å²) in [6, 6.07) is 6.88. The Morgan fingerprint density at radius 1 is 1.19 bits per heavy atom. The van der Waals surface area contributed by atoms with Gasteiger partial charge in [-0.2, -0.15) is 18.3 Å². The minimum absolute atomic E-state index is 0.120. The van der Waals surface area contributed by atoms with Crippen molar-refractivity contribution in [1.82, 2.24) is 24.7 Å². The Morgan fingerprint density at radius 2 is 2.03 bits per heavy atom. The van der Waals surface area contributed by atoms with E-state index in [1.165, 1.54) is 0 Å². The van der Waals surface area contributed by atoms with Gasteiger partial charge in [-0.05, 0) is 37.5 Å². The summed E-state index contributed by atoms with van der Waals surface area (Å²) in [5.41, 5.74) is 5.03. The van der Waals surface area contributed by atoms with Crippen molar-refractivity contribution in [1.29, 1.82) is 0 Å². The smallest absolute Gasteiger partial charge is 0.362 e. The zero-order valence-corrected chi connectivity index (χ0v) is 20.7. The van der Waals surface area contributed by atoms with Crippen LogP contribution < -0.4 is 10.6 Å². The molecule has 1 aliphatic carbocycles. The van der Waals surface area contributed by atoms with Crippen LogP contribution in [-0.2, 0) is 19.6 Å².